The Labute approximate surface area is 166 Å². The van der Waals surface area contributed by atoms with E-state index in [0.717, 1.165) is 12.1 Å². The normalized spacial score (nSPS) is 11.4. The molecule has 0 spiro atoms. The van der Waals surface area contributed by atoms with Crippen LogP contribution in [0, 0.1) is 0 Å². The number of aromatic nitrogens is 1. The Bertz CT molecular complexity index is 822. The summed E-state index contributed by atoms with van der Waals surface area (Å²) in [6.45, 7) is 10.2. The van der Waals surface area contributed by atoms with Crippen molar-refractivity contribution in [2.24, 2.45) is 0 Å². The van der Waals surface area contributed by atoms with Crippen LogP contribution in [0.4, 0.5) is 0 Å². The minimum Gasteiger partial charge on any atom is -0.351 e. The number of amides is 1. The van der Waals surface area contributed by atoms with Crippen LogP contribution in [0.3, 0.4) is 0 Å². The van der Waals surface area contributed by atoms with E-state index in [1.807, 2.05) is 18.2 Å². The van der Waals surface area contributed by atoms with Crippen LogP contribution in [0.1, 0.15) is 43.6 Å². The Balaban J connectivity index is 2.05. The predicted octanol–water partition coefficient (Wildman–Crippen LogP) is 3.40. The largest absolute Gasteiger partial charge is 0.351 e. The van der Waals surface area contributed by atoms with E-state index in [-0.39, 0.29) is 11.5 Å². The quantitative estimate of drug-likeness (QED) is 0.752. The first-order valence-corrected chi connectivity index (χ1v) is 9.65. The van der Waals surface area contributed by atoms with Crippen LogP contribution in [-0.4, -0.2) is 40.5 Å². The molecular formula is C21H28ClN3O2. The molecule has 1 amide bonds. The van der Waals surface area contributed by atoms with Crippen molar-refractivity contribution < 1.29 is 4.79 Å². The summed E-state index contributed by atoms with van der Waals surface area (Å²) in [5.74, 6) is -0.185. The summed E-state index contributed by atoms with van der Waals surface area (Å²) in [5, 5.41) is 3.54. The number of carbonyl (C=O) groups is 1. The standard InChI is InChI=1S/C21H28ClN3O2/c1-15(2)25(16(3)4)12-11-23-21(27)18-9-10-20(26)24(14-18)13-17-7-5-6-8-19(17)22/h5-10,14-16H,11-13H2,1-4H3,(H,23,27). The second kappa shape index (κ2) is 9.72. The highest BCUT2D eigenvalue weighted by atomic mass is 35.5. The van der Waals surface area contributed by atoms with E-state index in [1.165, 1.54) is 10.6 Å². The lowest BCUT2D eigenvalue weighted by Crippen LogP contribution is -2.42. The maximum atomic E-state index is 12.5. The van der Waals surface area contributed by atoms with Gasteiger partial charge < -0.3 is 9.88 Å². The molecule has 6 heteroatoms. The second-order valence-electron chi connectivity index (χ2n) is 7.16. The van der Waals surface area contributed by atoms with Crippen LogP contribution in [0.5, 0.6) is 0 Å². The Hall–Kier alpha value is -2.11. The van der Waals surface area contributed by atoms with Crippen molar-refractivity contribution in [1.29, 1.82) is 0 Å². The highest BCUT2D eigenvalue weighted by Crippen LogP contribution is 2.15. The summed E-state index contributed by atoms with van der Waals surface area (Å²) >= 11 is 6.18. The van der Waals surface area contributed by atoms with Crippen molar-refractivity contribution in [1.82, 2.24) is 14.8 Å². The smallest absolute Gasteiger partial charge is 0.252 e. The maximum Gasteiger partial charge on any atom is 0.252 e. The molecule has 1 aromatic heterocycles. The molecule has 0 saturated carbocycles. The fourth-order valence-electron chi connectivity index (χ4n) is 3.11. The lowest BCUT2D eigenvalue weighted by Gasteiger charge is -2.30. The summed E-state index contributed by atoms with van der Waals surface area (Å²) in [5.41, 5.74) is 1.13. The molecule has 1 heterocycles. The summed E-state index contributed by atoms with van der Waals surface area (Å²) in [7, 11) is 0. The zero-order valence-electron chi connectivity index (χ0n) is 16.4. The van der Waals surface area contributed by atoms with Gasteiger partial charge >= 0.3 is 0 Å². The minimum absolute atomic E-state index is 0.169. The topological polar surface area (TPSA) is 54.3 Å². The van der Waals surface area contributed by atoms with Crippen LogP contribution in [0.15, 0.2) is 47.4 Å². The van der Waals surface area contributed by atoms with E-state index >= 15 is 0 Å². The summed E-state index contributed by atoms with van der Waals surface area (Å²) in [4.78, 5) is 26.9. The van der Waals surface area contributed by atoms with Crippen LogP contribution in [-0.2, 0) is 6.54 Å². The lowest BCUT2D eigenvalue weighted by atomic mass is 10.2. The van der Waals surface area contributed by atoms with Crippen molar-refractivity contribution >= 4 is 17.5 Å². The lowest BCUT2D eigenvalue weighted by molar-refractivity contribution is 0.0938. The van der Waals surface area contributed by atoms with E-state index in [4.69, 9.17) is 11.6 Å². The number of benzene rings is 1. The fraction of sp³-hybridized carbons (Fsp3) is 0.429. The molecule has 0 aliphatic rings. The monoisotopic (exact) mass is 389 g/mol. The highest BCUT2D eigenvalue weighted by molar-refractivity contribution is 6.31. The Morgan fingerprint density at radius 2 is 1.78 bits per heavy atom. The minimum atomic E-state index is -0.185. The Kier molecular flexibility index (Phi) is 7.63. The zero-order valence-corrected chi connectivity index (χ0v) is 17.2. The van der Waals surface area contributed by atoms with Crippen LogP contribution in [0.2, 0.25) is 5.02 Å². The number of pyridine rings is 1. The maximum absolute atomic E-state index is 12.5. The van der Waals surface area contributed by atoms with Gasteiger partial charge in [0.25, 0.3) is 11.5 Å². The molecule has 146 valence electrons. The van der Waals surface area contributed by atoms with Crippen molar-refractivity contribution in [3.05, 3.63) is 69.1 Å². The molecule has 2 aromatic rings. The number of halogens is 1. The van der Waals surface area contributed by atoms with Gasteiger partial charge in [-0.1, -0.05) is 29.8 Å². The Morgan fingerprint density at radius 3 is 2.41 bits per heavy atom. The van der Waals surface area contributed by atoms with E-state index in [9.17, 15) is 9.59 Å². The number of hydrogen-bond acceptors (Lipinski definition) is 3. The van der Waals surface area contributed by atoms with Crippen molar-refractivity contribution in [2.75, 3.05) is 13.1 Å². The molecule has 0 saturated heterocycles. The van der Waals surface area contributed by atoms with Crippen molar-refractivity contribution in [2.45, 2.75) is 46.3 Å². The molecular weight excluding hydrogens is 362 g/mol. The van der Waals surface area contributed by atoms with E-state index in [1.54, 1.807) is 18.3 Å². The fourth-order valence-corrected chi connectivity index (χ4v) is 3.31. The van der Waals surface area contributed by atoms with Gasteiger partial charge in [0.2, 0.25) is 0 Å². The SMILES string of the molecule is CC(C)N(CCNC(=O)c1ccc(=O)n(Cc2ccccc2Cl)c1)C(C)C. The molecule has 5 nitrogen and oxygen atoms in total. The van der Waals surface area contributed by atoms with Gasteiger partial charge in [0.15, 0.2) is 0 Å². The molecule has 0 aliphatic carbocycles. The van der Waals surface area contributed by atoms with Crippen molar-refractivity contribution in [3.63, 3.8) is 0 Å². The zero-order chi connectivity index (χ0) is 20.0. The summed E-state index contributed by atoms with van der Waals surface area (Å²) in [6, 6.07) is 11.2. The molecule has 0 radical (unpaired) electrons. The number of carbonyl (C=O) groups excluding carboxylic acids is 1. The molecule has 0 bridgehead atoms. The van der Waals surface area contributed by atoms with Gasteiger partial charge in [-0.2, -0.15) is 0 Å². The van der Waals surface area contributed by atoms with Gasteiger partial charge in [-0.05, 0) is 45.4 Å². The van der Waals surface area contributed by atoms with Gasteiger partial charge in [-0.3, -0.25) is 14.5 Å². The second-order valence-corrected chi connectivity index (χ2v) is 7.56. The first-order chi connectivity index (χ1) is 12.8. The highest BCUT2D eigenvalue weighted by Gasteiger charge is 2.14. The average molecular weight is 390 g/mol. The first kappa shape index (κ1) is 21.2. The molecule has 2 rings (SSSR count). The third kappa shape index (κ3) is 5.94. The third-order valence-corrected chi connectivity index (χ3v) is 4.90. The molecule has 0 fully saturated rings. The number of nitrogens with zero attached hydrogens (tertiary/aromatic N) is 2. The molecule has 1 aromatic carbocycles. The Morgan fingerprint density at radius 1 is 1.11 bits per heavy atom. The molecule has 0 atom stereocenters. The third-order valence-electron chi connectivity index (χ3n) is 4.53. The number of hydrogen-bond donors (Lipinski definition) is 1. The van der Waals surface area contributed by atoms with Gasteiger partial charge in [0.1, 0.15) is 0 Å². The molecule has 27 heavy (non-hydrogen) atoms. The van der Waals surface area contributed by atoms with Gasteiger partial charge in [-0.15, -0.1) is 0 Å². The van der Waals surface area contributed by atoms with Gasteiger partial charge in [-0.25, -0.2) is 0 Å². The summed E-state index contributed by atoms with van der Waals surface area (Å²) < 4.78 is 1.50. The average Bonchev–Trinajstić information content (AvgIpc) is 2.61. The van der Waals surface area contributed by atoms with Crippen LogP contribution in [0.25, 0.3) is 0 Å². The van der Waals surface area contributed by atoms with Gasteiger partial charge in [0.05, 0.1) is 12.1 Å². The van der Waals surface area contributed by atoms with E-state index in [0.29, 0.717) is 35.8 Å². The van der Waals surface area contributed by atoms with Gasteiger partial charge in [0, 0.05) is 42.5 Å². The molecule has 1 N–H and O–H groups in total. The van der Waals surface area contributed by atoms with E-state index < -0.39 is 0 Å². The summed E-state index contributed by atoms with van der Waals surface area (Å²) in [6.07, 6.45) is 1.59. The molecule has 0 aliphatic heterocycles. The number of nitrogens with one attached hydrogen (secondary N) is 1. The van der Waals surface area contributed by atoms with Crippen LogP contribution >= 0.6 is 11.6 Å². The molecule has 0 unspecified atom stereocenters. The number of rotatable bonds is 8. The predicted molar refractivity (Wildman–Crippen MR) is 111 cm³/mol. The first-order valence-electron chi connectivity index (χ1n) is 9.27. The van der Waals surface area contributed by atoms with E-state index in [2.05, 4.69) is 37.9 Å². The van der Waals surface area contributed by atoms with Crippen molar-refractivity contribution in [3.8, 4) is 0 Å². The van der Waals surface area contributed by atoms with Crippen LogP contribution < -0.4 is 10.9 Å².